The molecule has 0 unspecified atom stereocenters. The number of hydrogen-bond acceptors (Lipinski definition) is 4. The Morgan fingerprint density at radius 2 is 2.00 bits per heavy atom. The zero-order valence-corrected chi connectivity index (χ0v) is 14.1. The quantitative estimate of drug-likeness (QED) is 0.475. The lowest BCUT2D eigenvalue weighted by Gasteiger charge is -2.03. The lowest BCUT2D eigenvalue weighted by atomic mass is 10.1. The number of hydrogen-bond donors (Lipinski definition) is 1. The highest BCUT2D eigenvalue weighted by Gasteiger charge is 2.16. The molecule has 122 valence electrons. The van der Waals surface area contributed by atoms with Gasteiger partial charge in [0.2, 0.25) is 0 Å². The van der Waals surface area contributed by atoms with Crippen LogP contribution in [0.3, 0.4) is 0 Å². The summed E-state index contributed by atoms with van der Waals surface area (Å²) in [6.07, 6.45) is 9.13. The molecule has 0 spiro atoms. The van der Waals surface area contributed by atoms with Gasteiger partial charge in [-0.2, -0.15) is 0 Å². The number of amides is 1. The van der Waals surface area contributed by atoms with Crippen molar-refractivity contribution in [2.24, 2.45) is 0 Å². The SMILES string of the molecule is COC(=O)CCCCCNC(=O)c1cc2c(s1)CCCCC2. The first-order valence-electron chi connectivity index (χ1n) is 8.17. The molecular weight excluding hydrogens is 298 g/mol. The highest BCUT2D eigenvalue weighted by Crippen LogP contribution is 2.28. The van der Waals surface area contributed by atoms with Gasteiger partial charge in [-0.25, -0.2) is 0 Å². The van der Waals surface area contributed by atoms with Crippen molar-refractivity contribution in [2.75, 3.05) is 13.7 Å². The number of carbonyl (C=O) groups excluding carboxylic acids is 2. The minimum atomic E-state index is -0.163. The average molecular weight is 323 g/mol. The van der Waals surface area contributed by atoms with Gasteiger partial charge >= 0.3 is 5.97 Å². The Bertz CT molecular complexity index is 487. The van der Waals surface area contributed by atoms with Crippen LogP contribution < -0.4 is 5.32 Å². The van der Waals surface area contributed by atoms with Crippen LogP contribution in [0.15, 0.2) is 6.07 Å². The van der Waals surface area contributed by atoms with Crippen molar-refractivity contribution in [1.29, 1.82) is 0 Å². The second kappa shape index (κ2) is 8.93. The van der Waals surface area contributed by atoms with Crippen LogP contribution in [-0.4, -0.2) is 25.5 Å². The highest BCUT2D eigenvalue weighted by atomic mass is 32.1. The van der Waals surface area contributed by atoms with Crippen LogP contribution in [-0.2, 0) is 22.4 Å². The van der Waals surface area contributed by atoms with E-state index >= 15 is 0 Å². The van der Waals surface area contributed by atoms with Gasteiger partial charge in [-0.3, -0.25) is 9.59 Å². The molecule has 0 bridgehead atoms. The second-order valence-corrected chi connectivity index (χ2v) is 6.90. The Labute approximate surface area is 136 Å². The third kappa shape index (κ3) is 5.13. The number of fused-ring (bicyclic) bond motifs is 1. The van der Waals surface area contributed by atoms with Gasteiger partial charge in [0.15, 0.2) is 0 Å². The van der Waals surface area contributed by atoms with E-state index in [-0.39, 0.29) is 11.9 Å². The summed E-state index contributed by atoms with van der Waals surface area (Å²) < 4.78 is 4.59. The van der Waals surface area contributed by atoms with Gasteiger partial charge in [0.05, 0.1) is 12.0 Å². The standard InChI is InChI=1S/C17H25NO3S/c1-21-16(19)10-6-3-7-11-18-17(20)15-12-13-8-4-2-5-9-14(13)22-15/h12H,2-11H2,1H3,(H,18,20). The van der Waals surface area contributed by atoms with Crippen molar-refractivity contribution in [3.05, 3.63) is 21.4 Å². The molecule has 1 N–H and O–H groups in total. The van der Waals surface area contributed by atoms with Crippen molar-refractivity contribution in [3.63, 3.8) is 0 Å². The second-order valence-electron chi connectivity index (χ2n) is 5.76. The molecule has 0 saturated heterocycles. The number of ether oxygens (including phenoxy) is 1. The van der Waals surface area contributed by atoms with Gasteiger partial charge in [-0.1, -0.05) is 12.8 Å². The van der Waals surface area contributed by atoms with Crippen LogP contribution in [0.4, 0.5) is 0 Å². The summed E-state index contributed by atoms with van der Waals surface area (Å²) in [7, 11) is 1.41. The summed E-state index contributed by atoms with van der Waals surface area (Å²) in [6.45, 7) is 0.669. The van der Waals surface area contributed by atoms with Gasteiger partial charge in [0.25, 0.3) is 5.91 Å². The maximum atomic E-state index is 12.2. The van der Waals surface area contributed by atoms with Crippen molar-refractivity contribution >= 4 is 23.2 Å². The number of thiophene rings is 1. The molecule has 1 aliphatic rings. The van der Waals surface area contributed by atoms with Crippen LogP contribution in [0, 0.1) is 0 Å². The van der Waals surface area contributed by atoms with Gasteiger partial charge < -0.3 is 10.1 Å². The lowest BCUT2D eigenvalue weighted by Crippen LogP contribution is -2.23. The van der Waals surface area contributed by atoms with E-state index in [1.54, 1.807) is 11.3 Å². The number of nitrogens with one attached hydrogen (secondary N) is 1. The number of unbranched alkanes of at least 4 members (excludes halogenated alkanes) is 2. The van der Waals surface area contributed by atoms with Gasteiger partial charge in [0, 0.05) is 17.8 Å². The van der Waals surface area contributed by atoms with E-state index in [1.807, 2.05) is 0 Å². The van der Waals surface area contributed by atoms with Crippen LogP contribution in [0.5, 0.6) is 0 Å². The molecular formula is C17H25NO3S. The largest absolute Gasteiger partial charge is 0.469 e. The number of rotatable bonds is 7. The maximum absolute atomic E-state index is 12.2. The molecule has 1 aliphatic carbocycles. The smallest absolute Gasteiger partial charge is 0.305 e. The fourth-order valence-electron chi connectivity index (χ4n) is 2.74. The molecule has 0 radical (unpaired) electrons. The van der Waals surface area contributed by atoms with Crippen LogP contribution in [0.1, 0.15) is 65.1 Å². The number of carbonyl (C=O) groups is 2. The van der Waals surface area contributed by atoms with Crippen molar-refractivity contribution < 1.29 is 14.3 Å². The fraction of sp³-hybridized carbons (Fsp3) is 0.647. The molecule has 5 heteroatoms. The Hall–Kier alpha value is -1.36. The molecule has 2 rings (SSSR count). The predicted molar refractivity (Wildman–Crippen MR) is 88.4 cm³/mol. The topological polar surface area (TPSA) is 55.4 Å². The van der Waals surface area contributed by atoms with E-state index in [0.29, 0.717) is 13.0 Å². The molecule has 1 aromatic rings. The van der Waals surface area contributed by atoms with E-state index < -0.39 is 0 Å². The summed E-state index contributed by atoms with van der Waals surface area (Å²) in [4.78, 5) is 25.4. The first-order valence-corrected chi connectivity index (χ1v) is 8.99. The van der Waals surface area contributed by atoms with Crippen LogP contribution >= 0.6 is 11.3 Å². The molecule has 0 saturated carbocycles. The third-order valence-corrected chi connectivity index (χ3v) is 5.28. The average Bonchev–Trinajstić information content (AvgIpc) is 2.81. The van der Waals surface area contributed by atoms with Crippen molar-refractivity contribution in [3.8, 4) is 0 Å². The summed E-state index contributed by atoms with van der Waals surface area (Å²) >= 11 is 1.66. The first kappa shape index (κ1) is 17.0. The molecule has 0 fully saturated rings. The molecule has 1 heterocycles. The zero-order chi connectivity index (χ0) is 15.8. The Kier molecular flexibility index (Phi) is 6.90. The van der Waals surface area contributed by atoms with E-state index in [2.05, 4.69) is 16.1 Å². The van der Waals surface area contributed by atoms with Gasteiger partial charge in [-0.05, 0) is 50.2 Å². The van der Waals surface area contributed by atoms with Crippen molar-refractivity contribution in [2.45, 2.75) is 57.8 Å². The molecule has 0 atom stereocenters. The summed E-state index contributed by atoms with van der Waals surface area (Å²) in [5, 5.41) is 2.98. The van der Waals surface area contributed by atoms with E-state index in [9.17, 15) is 9.59 Å². The van der Waals surface area contributed by atoms with E-state index in [1.165, 1.54) is 36.8 Å². The molecule has 0 aromatic carbocycles. The van der Waals surface area contributed by atoms with Crippen LogP contribution in [0.25, 0.3) is 0 Å². The monoisotopic (exact) mass is 323 g/mol. The Morgan fingerprint density at radius 3 is 2.82 bits per heavy atom. The lowest BCUT2D eigenvalue weighted by molar-refractivity contribution is -0.140. The summed E-state index contributed by atoms with van der Waals surface area (Å²) in [5.41, 5.74) is 1.38. The minimum absolute atomic E-state index is 0.0473. The van der Waals surface area contributed by atoms with Crippen molar-refractivity contribution in [1.82, 2.24) is 5.32 Å². The summed E-state index contributed by atoms with van der Waals surface area (Å²) in [5.74, 6) is -0.116. The van der Waals surface area contributed by atoms with Gasteiger partial charge in [0.1, 0.15) is 0 Å². The normalized spacial score (nSPS) is 14.0. The number of aryl methyl sites for hydroxylation is 2. The minimum Gasteiger partial charge on any atom is -0.469 e. The Morgan fingerprint density at radius 1 is 1.18 bits per heavy atom. The number of methoxy groups -OCH3 is 1. The van der Waals surface area contributed by atoms with E-state index in [0.717, 1.165) is 37.0 Å². The zero-order valence-electron chi connectivity index (χ0n) is 13.3. The third-order valence-electron chi connectivity index (χ3n) is 4.04. The van der Waals surface area contributed by atoms with E-state index in [4.69, 9.17) is 0 Å². The predicted octanol–water partition coefficient (Wildman–Crippen LogP) is 3.48. The highest BCUT2D eigenvalue weighted by molar-refractivity contribution is 7.14. The first-order chi connectivity index (χ1) is 10.7. The number of esters is 1. The van der Waals surface area contributed by atoms with Gasteiger partial charge in [-0.15, -0.1) is 11.3 Å². The fourth-order valence-corrected chi connectivity index (χ4v) is 3.91. The summed E-state index contributed by atoms with van der Waals surface area (Å²) in [6, 6.07) is 2.08. The molecule has 1 amide bonds. The molecule has 0 aliphatic heterocycles. The molecule has 4 nitrogen and oxygen atoms in total. The molecule has 1 aromatic heterocycles. The maximum Gasteiger partial charge on any atom is 0.305 e. The Balaban J connectivity index is 1.68. The molecule has 22 heavy (non-hydrogen) atoms. The van der Waals surface area contributed by atoms with Crippen LogP contribution in [0.2, 0.25) is 0 Å².